The summed E-state index contributed by atoms with van der Waals surface area (Å²) in [5.74, 6) is -3.83. The molecule has 0 saturated heterocycles. The average Bonchev–Trinajstić information content (AvgIpc) is 2.04. The number of aliphatic carboxylic acids is 3. The van der Waals surface area contributed by atoms with Crippen molar-refractivity contribution in [1.82, 2.24) is 0 Å². The number of rotatable bonds is 4. The maximum Gasteiger partial charge on any atom is 0.333 e. The predicted molar refractivity (Wildman–Crippen MR) is 43.7 cm³/mol. The lowest BCUT2D eigenvalue weighted by molar-refractivity contribution is -0.152. The standard InChI is InChI=1S/C4H6O5.C3H4O2/c5-2(4(8)9)1-3(6)7;1-2-3(4)5/h2,5H,1H2,(H,6,7)(H,8,9);2H,1H2,(H,4,5). The first kappa shape index (κ1) is 14.6. The van der Waals surface area contributed by atoms with Gasteiger partial charge in [-0.05, 0) is 0 Å². The number of carboxylic acids is 3. The molecule has 0 spiro atoms. The van der Waals surface area contributed by atoms with Gasteiger partial charge in [0.1, 0.15) is 0 Å². The highest BCUT2D eigenvalue weighted by molar-refractivity contribution is 5.79. The normalized spacial score (nSPS) is 10.4. The predicted octanol–water partition coefficient (Wildman–Crippen LogP) is -0.836. The molecule has 4 N–H and O–H groups in total. The van der Waals surface area contributed by atoms with E-state index in [1.165, 1.54) is 0 Å². The molecule has 0 aromatic carbocycles. The highest BCUT2D eigenvalue weighted by atomic mass is 16.4. The number of aliphatic hydroxyl groups excluding tert-OH is 1. The van der Waals surface area contributed by atoms with Crippen molar-refractivity contribution >= 4 is 17.9 Å². The Morgan fingerprint density at radius 3 is 1.64 bits per heavy atom. The van der Waals surface area contributed by atoms with E-state index in [0.717, 1.165) is 6.08 Å². The van der Waals surface area contributed by atoms with Gasteiger partial charge in [0.15, 0.2) is 6.10 Å². The van der Waals surface area contributed by atoms with Crippen LogP contribution in [0.5, 0.6) is 0 Å². The van der Waals surface area contributed by atoms with Crippen LogP contribution in [0.4, 0.5) is 0 Å². The van der Waals surface area contributed by atoms with Crippen LogP contribution in [0.15, 0.2) is 12.7 Å². The van der Waals surface area contributed by atoms with Crippen molar-refractivity contribution in [1.29, 1.82) is 0 Å². The lowest BCUT2D eigenvalue weighted by Gasteiger charge is -1.97. The second-order valence-electron chi connectivity index (χ2n) is 1.99. The molecule has 0 heterocycles. The monoisotopic (exact) mass is 206 g/mol. The highest BCUT2D eigenvalue weighted by Gasteiger charge is 2.16. The Morgan fingerprint density at radius 2 is 1.57 bits per heavy atom. The summed E-state index contributed by atoms with van der Waals surface area (Å²) in [7, 11) is 0. The number of aliphatic hydroxyl groups is 1. The van der Waals surface area contributed by atoms with Crippen LogP contribution in [-0.2, 0) is 14.4 Å². The first-order valence-electron chi connectivity index (χ1n) is 3.29. The number of hydrogen-bond donors (Lipinski definition) is 4. The molecule has 14 heavy (non-hydrogen) atoms. The summed E-state index contributed by atoms with van der Waals surface area (Å²) < 4.78 is 0. The molecule has 1 unspecified atom stereocenters. The van der Waals surface area contributed by atoms with Crippen LogP contribution in [0.1, 0.15) is 6.42 Å². The van der Waals surface area contributed by atoms with E-state index in [-0.39, 0.29) is 0 Å². The van der Waals surface area contributed by atoms with E-state index in [9.17, 15) is 14.4 Å². The van der Waals surface area contributed by atoms with Crippen LogP contribution in [0, 0.1) is 0 Å². The summed E-state index contributed by atoms with van der Waals surface area (Å²) in [6.07, 6.45) is -1.71. The fourth-order valence-corrected chi connectivity index (χ4v) is 0.253. The SMILES string of the molecule is C=CC(=O)O.O=C(O)CC(O)C(=O)O. The third-order valence-electron chi connectivity index (χ3n) is 0.828. The number of carboxylic acid groups (broad SMARTS) is 3. The third kappa shape index (κ3) is 12.8. The zero-order chi connectivity index (χ0) is 11.7. The molecular weight excluding hydrogens is 196 g/mol. The van der Waals surface area contributed by atoms with Crippen LogP contribution in [0.25, 0.3) is 0 Å². The van der Waals surface area contributed by atoms with Gasteiger partial charge in [-0.1, -0.05) is 6.58 Å². The Labute approximate surface area is 78.9 Å². The minimum absolute atomic E-state index is 0.755. The van der Waals surface area contributed by atoms with E-state index in [4.69, 9.17) is 20.4 Å². The van der Waals surface area contributed by atoms with Crippen LogP contribution in [-0.4, -0.2) is 44.4 Å². The van der Waals surface area contributed by atoms with Gasteiger partial charge in [-0.25, -0.2) is 9.59 Å². The van der Waals surface area contributed by atoms with Gasteiger partial charge in [0.25, 0.3) is 0 Å². The second kappa shape index (κ2) is 7.74. The average molecular weight is 206 g/mol. The Morgan fingerprint density at radius 1 is 1.21 bits per heavy atom. The van der Waals surface area contributed by atoms with Crippen molar-refractivity contribution < 1.29 is 34.8 Å². The maximum atomic E-state index is 9.72. The van der Waals surface area contributed by atoms with Gasteiger partial charge >= 0.3 is 17.9 Å². The molecule has 0 aliphatic heterocycles. The van der Waals surface area contributed by atoms with Gasteiger partial charge in [-0.15, -0.1) is 0 Å². The van der Waals surface area contributed by atoms with Gasteiger partial charge in [0.05, 0.1) is 6.42 Å². The van der Waals surface area contributed by atoms with Crippen LogP contribution < -0.4 is 0 Å². The second-order valence-corrected chi connectivity index (χ2v) is 1.99. The molecule has 0 aliphatic carbocycles. The summed E-state index contributed by atoms with van der Waals surface area (Å²) in [4.78, 5) is 28.7. The molecule has 0 aromatic heterocycles. The van der Waals surface area contributed by atoms with E-state index in [0.29, 0.717) is 0 Å². The van der Waals surface area contributed by atoms with Crippen molar-refractivity contribution in [2.24, 2.45) is 0 Å². The van der Waals surface area contributed by atoms with Crippen molar-refractivity contribution in [3.05, 3.63) is 12.7 Å². The summed E-state index contributed by atoms with van der Waals surface area (Å²) >= 11 is 0. The zero-order valence-electron chi connectivity index (χ0n) is 7.08. The minimum atomic E-state index is -1.79. The van der Waals surface area contributed by atoms with Crippen molar-refractivity contribution in [2.45, 2.75) is 12.5 Å². The maximum absolute atomic E-state index is 9.72. The van der Waals surface area contributed by atoms with Crippen LogP contribution >= 0.6 is 0 Å². The first-order chi connectivity index (χ1) is 6.31. The Bertz CT molecular complexity index is 232. The minimum Gasteiger partial charge on any atom is -0.481 e. The van der Waals surface area contributed by atoms with Crippen molar-refractivity contribution in [3.63, 3.8) is 0 Å². The van der Waals surface area contributed by atoms with Gasteiger partial charge in [0, 0.05) is 6.08 Å². The molecule has 0 fully saturated rings. The Kier molecular flexibility index (Phi) is 8.09. The van der Waals surface area contributed by atoms with Crippen LogP contribution in [0.3, 0.4) is 0 Å². The third-order valence-corrected chi connectivity index (χ3v) is 0.828. The van der Waals surface area contributed by atoms with Gasteiger partial charge in [-0.3, -0.25) is 4.79 Å². The largest absolute Gasteiger partial charge is 0.481 e. The Balaban J connectivity index is 0. The van der Waals surface area contributed by atoms with Gasteiger partial charge in [0.2, 0.25) is 0 Å². The highest BCUT2D eigenvalue weighted by Crippen LogP contribution is 1.89. The molecule has 7 heteroatoms. The lowest BCUT2D eigenvalue weighted by atomic mass is 10.3. The first-order valence-corrected chi connectivity index (χ1v) is 3.29. The van der Waals surface area contributed by atoms with Gasteiger partial charge in [-0.2, -0.15) is 0 Å². The van der Waals surface area contributed by atoms with E-state index in [2.05, 4.69) is 6.58 Å². The van der Waals surface area contributed by atoms with E-state index in [1.807, 2.05) is 0 Å². The molecule has 7 nitrogen and oxygen atoms in total. The molecular formula is C7H10O7. The molecule has 0 aliphatic rings. The summed E-state index contributed by atoms with van der Waals surface area (Å²) in [5, 5.41) is 31.7. The smallest absolute Gasteiger partial charge is 0.333 e. The van der Waals surface area contributed by atoms with E-state index >= 15 is 0 Å². The molecule has 0 radical (unpaired) electrons. The topological polar surface area (TPSA) is 132 Å². The molecule has 80 valence electrons. The fourth-order valence-electron chi connectivity index (χ4n) is 0.253. The molecule has 0 saturated carbocycles. The molecule has 0 aromatic rings. The van der Waals surface area contributed by atoms with Crippen molar-refractivity contribution in [3.8, 4) is 0 Å². The summed E-state index contributed by atoms with van der Waals surface area (Å²) in [6, 6.07) is 0. The molecule has 0 bridgehead atoms. The molecule has 1 atom stereocenters. The van der Waals surface area contributed by atoms with Crippen LogP contribution in [0.2, 0.25) is 0 Å². The summed E-state index contributed by atoms with van der Waals surface area (Å²) in [6.45, 7) is 2.96. The quantitative estimate of drug-likeness (QED) is 0.441. The zero-order valence-corrected chi connectivity index (χ0v) is 7.08. The number of carbonyl (C=O) groups is 3. The summed E-state index contributed by atoms with van der Waals surface area (Å²) in [5.41, 5.74) is 0. The number of hydrogen-bond acceptors (Lipinski definition) is 4. The Hall–Kier alpha value is -1.89. The fraction of sp³-hybridized carbons (Fsp3) is 0.286. The molecule has 0 rings (SSSR count). The van der Waals surface area contributed by atoms with Gasteiger partial charge < -0.3 is 20.4 Å². The van der Waals surface area contributed by atoms with E-state index < -0.39 is 30.4 Å². The lowest BCUT2D eigenvalue weighted by Crippen LogP contribution is -2.22. The van der Waals surface area contributed by atoms with E-state index in [1.54, 1.807) is 0 Å². The molecule has 0 amide bonds. The van der Waals surface area contributed by atoms with Crippen molar-refractivity contribution in [2.75, 3.05) is 0 Å².